The smallest absolute Gasteiger partial charge is 0.273 e. The average molecular weight is 300 g/mol. The summed E-state index contributed by atoms with van der Waals surface area (Å²) in [4.78, 5) is 19.2. The molecule has 1 aromatic heterocycles. The van der Waals surface area contributed by atoms with Gasteiger partial charge in [0.1, 0.15) is 17.0 Å². The number of carbonyl (C=O) groups is 1. The largest absolute Gasteiger partial charge is 0.506 e. The predicted octanol–water partition coefficient (Wildman–Crippen LogP) is 3.82. The Balaban J connectivity index is 2.68. The molecule has 0 aliphatic heterocycles. The van der Waals surface area contributed by atoms with Gasteiger partial charge in [-0.05, 0) is 58.7 Å². The van der Waals surface area contributed by atoms with Gasteiger partial charge in [0, 0.05) is 17.5 Å². The van der Waals surface area contributed by atoms with Crippen molar-refractivity contribution in [2.75, 3.05) is 0 Å². The Morgan fingerprint density at radius 3 is 2.23 bits per heavy atom. The van der Waals surface area contributed by atoms with Gasteiger partial charge in [0.05, 0.1) is 0 Å². The van der Waals surface area contributed by atoms with Crippen LogP contribution < -0.4 is 0 Å². The molecule has 0 unspecified atom stereocenters. The number of aromatic hydroxyl groups is 1. The van der Waals surface area contributed by atoms with Crippen LogP contribution >= 0.6 is 0 Å². The van der Waals surface area contributed by atoms with E-state index in [1.807, 2.05) is 52.5 Å². The molecule has 118 valence electrons. The molecule has 0 spiro atoms. The van der Waals surface area contributed by atoms with Crippen LogP contribution in [0.3, 0.4) is 0 Å². The average Bonchev–Trinajstić information content (AvgIpc) is 2.42. The highest BCUT2D eigenvalue weighted by Crippen LogP contribution is 2.29. The number of benzene rings is 1. The summed E-state index contributed by atoms with van der Waals surface area (Å²) in [6.07, 6.45) is 0. The first kappa shape index (κ1) is 16.3. The van der Waals surface area contributed by atoms with Crippen LogP contribution in [0.2, 0.25) is 0 Å². The number of carbonyl (C=O) groups excluding carboxylic acids is 1. The van der Waals surface area contributed by atoms with Gasteiger partial charge >= 0.3 is 0 Å². The van der Waals surface area contributed by atoms with Crippen molar-refractivity contribution in [2.24, 2.45) is 0 Å². The number of phenols is 1. The molecule has 0 saturated carbocycles. The molecule has 0 atom stereocenters. The number of phenolic OH excluding ortho intramolecular Hbond substituents is 1. The van der Waals surface area contributed by atoms with Gasteiger partial charge in [-0.15, -0.1) is 0 Å². The summed E-state index contributed by atoms with van der Waals surface area (Å²) in [5.41, 5.74) is 2.77. The summed E-state index contributed by atoms with van der Waals surface area (Å²) < 4.78 is 0. The van der Waals surface area contributed by atoms with E-state index in [9.17, 15) is 9.90 Å². The third kappa shape index (κ3) is 2.65. The van der Waals surface area contributed by atoms with Crippen molar-refractivity contribution in [3.63, 3.8) is 0 Å². The zero-order valence-electron chi connectivity index (χ0n) is 14.1. The molecule has 0 bridgehead atoms. The van der Waals surface area contributed by atoms with Gasteiger partial charge in [-0.2, -0.15) is 0 Å². The summed E-state index contributed by atoms with van der Waals surface area (Å²) in [7, 11) is 0. The Bertz CT molecular complexity index is 713. The van der Waals surface area contributed by atoms with Gasteiger partial charge in [-0.1, -0.05) is 12.1 Å². The summed E-state index contributed by atoms with van der Waals surface area (Å²) >= 11 is 0. The van der Waals surface area contributed by atoms with E-state index in [0.717, 1.165) is 16.5 Å². The summed E-state index contributed by atoms with van der Waals surface area (Å²) in [5.74, 6) is 0.0195. The Kier molecular flexibility index (Phi) is 4.40. The summed E-state index contributed by atoms with van der Waals surface area (Å²) in [5, 5.41) is 10.9. The molecule has 0 aliphatic rings. The van der Waals surface area contributed by atoms with E-state index in [1.54, 1.807) is 12.1 Å². The molecule has 1 N–H and O–H groups in total. The molecule has 4 nitrogen and oxygen atoms in total. The molecule has 2 rings (SSSR count). The monoisotopic (exact) mass is 300 g/mol. The van der Waals surface area contributed by atoms with Gasteiger partial charge < -0.3 is 10.0 Å². The first-order valence-corrected chi connectivity index (χ1v) is 7.67. The van der Waals surface area contributed by atoms with Crippen molar-refractivity contribution < 1.29 is 9.90 Å². The summed E-state index contributed by atoms with van der Waals surface area (Å²) in [6, 6.07) is 5.49. The van der Waals surface area contributed by atoms with Crippen LogP contribution in [0.5, 0.6) is 5.75 Å². The molecule has 22 heavy (non-hydrogen) atoms. The fourth-order valence-electron chi connectivity index (χ4n) is 2.92. The van der Waals surface area contributed by atoms with E-state index in [2.05, 4.69) is 4.98 Å². The normalized spacial score (nSPS) is 11.5. The number of aryl methyl sites for hydroxylation is 1. The predicted molar refractivity (Wildman–Crippen MR) is 89.3 cm³/mol. The molecule has 0 saturated heterocycles. The number of aromatic nitrogens is 1. The third-order valence-electron chi connectivity index (χ3n) is 4.11. The SMILES string of the molecule is Cc1c(C(=O)N(C(C)C)C(C)C)nc2c(O)cccc2c1C. The van der Waals surface area contributed by atoms with E-state index >= 15 is 0 Å². The fraction of sp³-hybridized carbons (Fsp3) is 0.444. The molecular formula is C18H24N2O2. The number of hydrogen-bond acceptors (Lipinski definition) is 3. The number of para-hydroxylation sites is 1. The Morgan fingerprint density at radius 1 is 1.09 bits per heavy atom. The molecule has 0 aliphatic carbocycles. The molecule has 1 amide bonds. The lowest BCUT2D eigenvalue weighted by Gasteiger charge is -2.31. The Hall–Kier alpha value is -2.10. The molecule has 1 heterocycles. The first-order valence-electron chi connectivity index (χ1n) is 7.67. The second-order valence-corrected chi connectivity index (χ2v) is 6.28. The zero-order valence-corrected chi connectivity index (χ0v) is 14.1. The van der Waals surface area contributed by atoms with Crippen LogP contribution in [0.25, 0.3) is 10.9 Å². The second kappa shape index (κ2) is 5.95. The summed E-state index contributed by atoms with van der Waals surface area (Å²) in [6.45, 7) is 11.9. The minimum absolute atomic E-state index is 0.0873. The van der Waals surface area contributed by atoms with Gasteiger partial charge in [0.2, 0.25) is 0 Å². The number of pyridine rings is 1. The number of hydrogen-bond donors (Lipinski definition) is 1. The highest BCUT2D eigenvalue weighted by molar-refractivity contribution is 5.99. The Morgan fingerprint density at radius 2 is 1.68 bits per heavy atom. The Labute approximate surface area is 131 Å². The van der Waals surface area contributed by atoms with Crippen LogP contribution in [-0.2, 0) is 0 Å². The van der Waals surface area contributed by atoms with Crippen LogP contribution in [-0.4, -0.2) is 33.0 Å². The van der Waals surface area contributed by atoms with Gasteiger partial charge in [0.25, 0.3) is 5.91 Å². The maximum absolute atomic E-state index is 12.9. The van der Waals surface area contributed by atoms with Crippen LogP contribution in [0, 0.1) is 13.8 Å². The minimum Gasteiger partial charge on any atom is -0.506 e. The van der Waals surface area contributed by atoms with Gasteiger partial charge in [-0.25, -0.2) is 4.98 Å². The van der Waals surface area contributed by atoms with E-state index < -0.39 is 0 Å². The van der Waals surface area contributed by atoms with Crippen LogP contribution in [0.4, 0.5) is 0 Å². The second-order valence-electron chi connectivity index (χ2n) is 6.28. The number of nitrogens with zero attached hydrogens (tertiary/aromatic N) is 2. The molecule has 0 radical (unpaired) electrons. The number of fused-ring (bicyclic) bond motifs is 1. The minimum atomic E-state index is -0.0873. The number of amides is 1. The maximum atomic E-state index is 12.9. The first-order chi connectivity index (χ1) is 10.3. The van der Waals surface area contributed by atoms with E-state index in [-0.39, 0.29) is 23.7 Å². The van der Waals surface area contributed by atoms with Gasteiger partial charge in [-0.3, -0.25) is 4.79 Å². The van der Waals surface area contributed by atoms with E-state index in [4.69, 9.17) is 0 Å². The molecule has 0 fully saturated rings. The standard InChI is InChI=1S/C18H24N2O2/c1-10(2)20(11(3)4)18(22)16-13(6)12(5)14-8-7-9-15(21)17(14)19-16/h7-11,21H,1-6H3. The van der Waals surface area contributed by atoms with E-state index in [0.29, 0.717) is 11.2 Å². The molecule has 1 aromatic carbocycles. The molecular weight excluding hydrogens is 276 g/mol. The fourth-order valence-corrected chi connectivity index (χ4v) is 2.92. The van der Waals surface area contributed by atoms with Crippen molar-refractivity contribution in [3.05, 3.63) is 35.0 Å². The van der Waals surface area contributed by atoms with Crippen molar-refractivity contribution in [2.45, 2.75) is 53.6 Å². The maximum Gasteiger partial charge on any atom is 0.273 e. The van der Waals surface area contributed by atoms with Crippen molar-refractivity contribution >= 4 is 16.8 Å². The lowest BCUT2D eigenvalue weighted by molar-refractivity contribution is 0.0637. The van der Waals surface area contributed by atoms with Crippen molar-refractivity contribution in [3.8, 4) is 5.75 Å². The topological polar surface area (TPSA) is 53.4 Å². The van der Waals surface area contributed by atoms with Crippen LogP contribution in [0.15, 0.2) is 18.2 Å². The lowest BCUT2D eigenvalue weighted by atomic mass is 10.0. The van der Waals surface area contributed by atoms with Gasteiger partial charge in [0.15, 0.2) is 0 Å². The van der Waals surface area contributed by atoms with Crippen molar-refractivity contribution in [1.82, 2.24) is 9.88 Å². The third-order valence-corrected chi connectivity index (χ3v) is 4.11. The molecule has 4 heteroatoms. The van der Waals surface area contributed by atoms with E-state index in [1.165, 1.54) is 0 Å². The van der Waals surface area contributed by atoms with Crippen LogP contribution in [0.1, 0.15) is 49.3 Å². The highest BCUT2D eigenvalue weighted by atomic mass is 16.3. The highest BCUT2D eigenvalue weighted by Gasteiger charge is 2.25. The zero-order chi connectivity index (χ0) is 16.6. The quantitative estimate of drug-likeness (QED) is 0.937. The number of rotatable bonds is 3. The lowest BCUT2D eigenvalue weighted by Crippen LogP contribution is -2.42. The molecule has 2 aromatic rings. The van der Waals surface area contributed by atoms with Crippen molar-refractivity contribution in [1.29, 1.82) is 0 Å².